The van der Waals surface area contributed by atoms with E-state index < -0.39 is 5.82 Å². The van der Waals surface area contributed by atoms with Crippen molar-refractivity contribution in [1.29, 1.82) is 0 Å². The second kappa shape index (κ2) is 7.01. The summed E-state index contributed by atoms with van der Waals surface area (Å²) < 4.78 is 13.3. The van der Waals surface area contributed by atoms with Crippen LogP contribution in [0.2, 0.25) is 0 Å². The third-order valence-corrected chi connectivity index (χ3v) is 2.17. The van der Waals surface area contributed by atoms with Crippen LogP contribution in [0.5, 0.6) is 0 Å². The van der Waals surface area contributed by atoms with Gasteiger partial charge in [0.1, 0.15) is 0 Å². The third kappa shape index (κ3) is 4.95. The van der Waals surface area contributed by atoms with Gasteiger partial charge in [0.15, 0.2) is 11.6 Å². The Morgan fingerprint density at radius 3 is 2.88 bits per heavy atom. The first-order chi connectivity index (χ1) is 8.13. The van der Waals surface area contributed by atoms with Gasteiger partial charge >= 0.3 is 0 Å². The molecule has 1 heterocycles. The van der Waals surface area contributed by atoms with Gasteiger partial charge in [-0.3, -0.25) is 0 Å². The van der Waals surface area contributed by atoms with E-state index in [4.69, 9.17) is 5.11 Å². The Balaban J connectivity index is 2.48. The zero-order valence-corrected chi connectivity index (χ0v) is 10.2. The Labute approximate surface area is 100 Å². The van der Waals surface area contributed by atoms with Gasteiger partial charge < -0.3 is 15.7 Å². The van der Waals surface area contributed by atoms with E-state index in [9.17, 15) is 4.39 Å². The molecule has 1 aromatic rings. The second-order valence-electron chi connectivity index (χ2n) is 3.84. The molecule has 0 aliphatic rings. The summed E-state index contributed by atoms with van der Waals surface area (Å²) in [5.74, 6) is 0.136. The van der Waals surface area contributed by atoms with E-state index >= 15 is 0 Å². The van der Waals surface area contributed by atoms with E-state index in [0.717, 1.165) is 12.6 Å². The van der Waals surface area contributed by atoms with Crippen LogP contribution >= 0.6 is 0 Å². The van der Waals surface area contributed by atoms with Crippen molar-refractivity contribution in [1.82, 2.24) is 9.97 Å². The number of aliphatic hydroxyl groups is 1. The highest BCUT2D eigenvalue weighted by Crippen LogP contribution is 2.11. The van der Waals surface area contributed by atoms with Gasteiger partial charge in [0.2, 0.25) is 5.95 Å². The monoisotopic (exact) mass is 242 g/mol. The van der Waals surface area contributed by atoms with E-state index in [2.05, 4.69) is 20.6 Å². The summed E-state index contributed by atoms with van der Waals surface area (Å²) in [6.45, 7) is 4.91. The number of aliphatic hydroxyl groups excluding tert-OH is 1. The second-order valence-corrected chi connectivity index (χ2v) is 3.84. The summed E-state index contributed by atoms with van der Waals surface area (Å²) in [6.07, 6.45) is 2.25. The highest BCUT2D eigenvalue weighted by atomic mass is 19.1. The first-order valence-electron chi connectivity index (χ1n) is 5.81. The van der Waals surface area contributed by atoms with Gasteiger partial charge in [-0.05, 0) is 26.7 Å². The van der Waals surface area contributed by atoms with Crippen molar-refractivity contribution < 1.29 is 9.50 Å². The molecule has 0 fully saturated rings. The Hall–Kier alpha value is -1.43. The van der Waals surface area contributed by atoms with Crippen molar-refractivity contribution >= 4 is 11.8 Å². The van der Waals surface area contributed by atoms with Gasteiger partial charge in [0, 0.05) is 13.1 Å². The molecule has 1 aromatic heterocycles. The highest BCUT2D eigenvalue weighted by molar-refractivity contribution is 5.40. The molecule has 96 valence electrons. The molecule has 17 heavy (non-hydrogen) atoms. The van der Waals surface area contributed by atoms with Crippen LogP contribution in [0.25, 0.3) is 0 Å². The summed E-state index contributed by atoms with van der Waals surface area (Å²) >= 11 is 0. The molecular weight excluding hydrogens is 223 g/mol. The van der Waals surface area contributed by atoms with Gasteiger partial charge in [0.05, 0.1) is 12.3 Å². The average molecular weight is 242 g/mol. The molecule has 1 rings (SSSR count). The average Bonchev–Trinajstić information content (AvgIpc) is 2.28. The molecule has 0 saturated heterocycles. The molecule has 3 N–H and O–H groups in total. The summed E-state index contributed by atoms with van der Waals surface area (Å²) in [7, 11) is 0. The Morgan fingerprint density at radius 2 is 2.24 bits per heavy atom. The number of nitrogens with one attached hydrogen (secondary N) is 2. The van der Waals surface area contributed by atoms with Gasteiger partial charge in [-0.1, -0.05) is 0 Å². The zero-order chi connectivity index (χ0) is 12.7. The van der Waals surface area contributed by atoms with Crippen LogP contribution in [0, 0.1) is 5.82 Å². The molecule has 0 aromatic carbocycles. The van der Waals surface area contributed by atoms with E-state index in [1.807, 2.05) is 6.92 Å². The number of hydrogen-bond acceptors (Lipinski definition) is 5. The van der Waals surface area contributed by atoms with Crippen molar-refractivity contribution in [2.75, 3.05) is 23.7 Å². The summed E-state index contributed by atoms with van der Waals surface area (Å²) in [4.78, 5) is 7.82. The normalized spacial score (nSPS) is 12.2. The Morgan fingerprint density at radius 1 is 1.47 bits per heavy atom. The molecular formula is C11H19FN4O. The predicted octanol–water partition coefficient (Wildman–Crippen LogP) is 1.62. The molecule has 0 bridgehead atoms. The summed E-state index contributed by atoms with van der Waals surface area (Å²) in [5, 5.41) is 14.9. The summed E-state index contributed by atoms with van der Waals surface area (Å²) in [6, 6.07) is 0. The van der Waals surface area contributed by atoms with Crippen LogP contribution in [0.15, 0.2) is 6.20 Å². The predicted molar refractivity (Wildman–Crippen MR) is 65.6 cm³/mol. The van der Waals surface area contributed by atoms with Gasteiger partial charge in [-0.25, -0.2) is 9.37 Å². The fourth-order valence-electron chi connectivity index (χ4n) is 1.34. The third-order valence-electron chi connectivity index (χ3n) is 2.17. The van der Waals surface area contributed by atoms with Crippen molar-refractivity contribution in [3.05, 3.63) is 12.0 Å². The number of halogens is 1. The van der Waals surface area contributed by atoms with Gasteiger partial charge in [-0.2, -0.15) is 4.98 Å². The number of nitrogens with zero attached hydrogens (tertiary/aromatic N) is 2. The lowest BCUT2D eigenvalue weighted by Gasteiger charge is -2.09. The largest absolute Gasteiger partial charge is 0.393 e. The van der Waals surface area contributed by atoms with Crippen LogP contribution in [0.4, 0.5) is 16.2 Å². The van der Waals surface area contributed by atoms with Crippen molar-refractivity contribution in [2.24, 2.45) is 0 Å². The Bertz CT molecular complexity index is 346. The number of rotatable bonds is 7. The minimum absolute atomic E-state index is 0.196. The Kier molecular flexibility index (Phi) is 5.62. The number of anilines is 2. The first kappa shape index (κ1) is 13.6. The molecule has 0 aliphatic carbocycles. The molecule has 1 unspecified atom stereocenters. The quantitative estimate of drug-likeness (QED) is 0.634. The van der Waals surface area contributed by atoms with Crippen LogP contribution < -0.4 is 10.6 Å². The van der Waals surface area contributed by atoms with Crippen LogP contribution in [0.1, 0.15) is 26.7 Å². The minimum Gasteiger partial charge on any atom is -0.393 e. The maximum Gasteiger partial charge on any atom is 0.224 e. The maximum atomic E-state index is 13.3. The molecule has 0 aliphatic heterocycles. The fraction of sp³-hybridized carbons (Fsp3) is 0.636. The van der Waals surface area contributed by atoms with Crippen molar-refractivity contribution in [3.63, 3.8) is 0 Å². The molecule has 0 radical (unpaired) electrons. The summed E-state index contributed by atoms with van der Waals surface area (Å²) in [5.41, 5.74) is 0. The number of aromatic nitrogens is 2. The highest BCUT2D eigenvalue weighted by Gasteiger charge is 2.05. The molecule has 5 nitrogen and oxygen atoms in total. The standard InChI is InChI=1S/C11H19FN4O/c1-3-13-11-15-7-9(12)10(16-11)14-6-4-5-8(2)17/h7-8,17H,3-6H2,1-2H3,(H2,13,14,15,16). The molecule has 0 spiro atoms. The van der Waals surface area contributed by atoms with Crippen LogP contribution in [-0.4, -0.2) is 34.3 Å². The topological polar surface area (TPSA) is 70.1 Å². The molecule has 0 saturated carbocycles. The van der Waals surface area contributed by atoms with Crippen molar-refractivity contribution in [3.8, 4) is 0 Å². The first-order valence-corrected chi connectivity index (χ1v) is 5.81. The van der Waals surface area contributed by atoms with Crippen molar-refractivity contribution in [2.45, 2.75) is 32.8 Å². The van der Waals surface area contributed by atoms with E-state index in [1.165, 1.54) is 0 Å². The van der Waals surface area contributed by atoms with Gasteiger partial charge in [0.25, 0.3) is 0 Å². The molecule has 6 heteroatoms. The minimum atomic E-state index is -0.469. The van der Waals surface area contributed by atoms with Gasteiger partial charge in [-0.15, -0.1) is 0 Å². The van der Waals surface area contributed by atoms with E-state index in [1.54, 1.807) is 6.92 Å². The molecule has 0 amide bonds. The zero-order valence-electron chi connectivity index (χ0n) is 10.2. The van der Waals surface area contributed by atoms with E-state index in [-0.39, 0.29) is 11.9 Å². The van der Waals surface area contributed by atoms with Crippen LogP contribution in [0.3, 0.4) is 0 Å². The molecule has 1 atom stereocenters. The smallest absolute Gasteiger partial charge is 0.224 e. The van der Waals surface area contributed by atoms with Crippen LogP contribution in [-0.2, 0) is 0 Å². The lowest BCUT2D eigenvalue weighted by atomic mass is 10.2. The SMILES string of the molecule is CCNc1ncc(F)c(NCCCC(C)O)n1. The fourth-order valence-corrected chi connectivity index (χ4v) is 1.34. The lowest BCUT2D eigenvalue weighted by molar-refractivity contribution is 0.183. The van der Waals surface area contributed by atoms with E-state index in [0.29, 0.717) is 25.5 Å². The lowest BCUT2D eigenvalue weighted by Crippen LogP contribution is -2.11. The number of hydrogen-bond donors (Lipinski definition) is 3. The maximum absolute atomic E-state index is 13.3.